The SMILES string of the molecule is COc1cc2ccccc2cc1C(=O)C1CCCN(C=O)C1=O. The summed E-state index contributed by atoms with van der Waals surface area (Å²) in [6.45, 7) is 0.376. The van der Waals surface area contributed by atoms with E-state index in [1.165, 1.54) is 7.11 Å². The number of fused-ring (bicyclic) bond motifs is 1. The van der Waals surface area contributed by atoms with Gasteiger partial charge in [-0.05, 0) is 35.7 Å². The Morgan fingerprint density at radius 2 is 1.96 bits per heavy atom. The lowest BCUT2D eigenvalue weighted by Gasteiger charge is -2.27. The molecule has 23 heavy (non-hydrogen) atoms. The number of benzene rings is 2. The molecule has 0 saturated carbocycles. The summed E-state index contributed by atoms with van der Waals surface area (Å²) in [7, 11) is 1.50. The van der Waals surface area contributed by atoms with Crippen LogP contribution in [0.25, 0.3) is 10.8 Å². The van der Waals surface area contributed by atoms with Crippen LogP contribution in [-0.2, 0) is 9.59 Å². The van der Waals surface area contributed by atoms with E-state index in [1.54, 1.807) is 12.1 Å². The molecule has 118 valence electrons. The van der Waals surface area contributed by atoms with Gasteiger partial charge in [-0.1, -0.05) is 24.3 Å². The predicted molar refractivity (Wildman–Crippen MR) is 85.3 cm³/mol. The van der Waals surface area contributed by atoms with Crippen molar-refractivity contribution in [1.29, 1.82) is 0 Å². The number of hydrogen-bond acceptors (Lipinski definition) is 4. The maximum Gasteiger partial charge on any atom is 0.239 e. The third-order valence-corrected chi connectivity index (χ3v) is 4.25. The molecule has 0 radical (unpaired) electrons. The molecular weight excluding hydrogens is 294 g/mol. The molecule has 2 aromatic carbocycles. The molecular formula is C18H17NO4. The number of hydrogen-bond donors (Lipinski definition) is 0. The average molecular weight is 311 g/mol. The number of amides is 2. The van der Waals surface area contributed by atoms with Crippen molar-refractivity contribution in [3.63, 3.8) is 0 Å². The third kappa shape index (κ3) is 2.70. The molecule has 0 bridgehead atoms. The summed E-state index contributed by atoms with van der Waals surface area (Å²) >= 11 is 0. The molecule has 0 spiro atoms. The van der Waals surface area contributed by atoms with Gasteiger partial charge in [0.15, 0.2) is 5.78 Å². The van der Waals surface area contributed by atoms with Gasteiger partial charge in [-0.25, -0.2) is 0 Å². The van der Waals surface area contributed by atoms with Crippen LogP contribution in [0.15, 0.2) is 36.4 Å². The summed E-state index contributed by atoms with van der Waals surface area (Å²) in [5.41, 5.74) is 0.386. The number of piperidine rings is 1. The fraction of sp³-hybridized carbons (Fsp3) is 0.278. The van der Waals surface area contributed by atoms with E-state index in [-0.39, 0.29) is 5.78 Å². The highest BCUT2D eigenvalue weighted by Crippen LogP contribution is 2.30. The predicted octanol–water partition coefficient (Wildman–Crippen LogP) is 2.43. The van der Waals surface area contributed by atoms with Crippen molar-refractivity contribution in [2.45, 2.75) is 12.8 Å². The molecule has 1 aliphatic rings. The van der Waals surface area contributed by atoms with Gasteiger partial charge in [0.1, 0.15) is 11.7 Å². The lowest BCUT2D eigenvalue weighted by Crippen LogP contribution is -2.43. The van der Waals surface area contributed by atoms with E-state index in [4.69, 9.17) is 4.74 Å². The van der Waals surface area contributed by atoms with Crippen molar-refractivity contribution in [3.8, 4) is 5.75 Å². The smallest absolute Gasteiger partial charge is 0.239 e. The van der Waals surface area contributed by atoms with E-state index < -0.39 is 11.8 Å². The fourth-order valence-corrected chi connectivity index (χ4v) is 3.02. The second-order valence-corrected chi connectivity index (χ2v) is 5.60. The number of nitrogens with zero attached hydrogens (tertiary/aromatic N) is 1. The van der Waals surface area contributed by atoms with Gasteiger partial charge in [-0.3, -0.25) is 19.3 Å². The molecule has 1 aliphatic heterocycles. The van der Waals surface area contributed by atoms with Crippen LogP contribution in [0.3, 0.4) is 0 Å². The number of methoxy groups -OCH3 is 1. The van der Waals surface area contributed by atoms with E-state index in [2.05, 4.69) is 0 Å². The molecule has 5 heteroatoms. The summed E-state index contributed by atoms with van der Waals surface area (Å²) in [6, 6.07) is 11.2. The highest BCUT2D eigenvalue weighted by molar-refractivity contribution is 6.14. The van der Waals surface area contributed by atoms with E-state index in [0.29, 0.717) is 37.1 Å². The number of carbonyl (C=O) groups is 3. The topological polar surface area (TPSA) is 63.7 Å². The van der Waals surface area contributed by atoms with Gasteiger partial charge in [0, 0.05) is 6.54 Å². The molecule has 3 rings (SSSR count). The molecule has 1 unspecified atom stereocenters. The Balaban J connectivity index is 2.02. The van der Waals surface area contributed by atoms with Crippen LogP contribution in [-0.4, -0.2) is 36.7 Å². The van der Waals surface area contributed by atoms with Crippen molar-refractivity contribution in [2.24, 2.45) is 5.92 Å². The molecule has 0 N–H and O–H groups in total. The molecule has 0 aliphatic carbocycles. The highest BCUT2D eigenvalue weighted by Gasteiger charge is 2.35. The summed E-state index contributed by atoms with van der Waals surface area (Å²) in [6.07, 6.45) is 1.59. The van der Waals surface area contributed by atoms with E-state index in [1.807, 2.05) is 24.3 Å². The van der Waals surface area contributed by atoms with Crippen molar-refractivity contribution in [2.75, 3.05) is 13.7 Å². The maximum atomic E-state index is 12.9. The largest absolute Gasteiger partial charge is 0.496 e. The van der Waals surface area contributed by atoms with Gasteiger partial charge in [-0.15, -0.1) is 0 Å². The third-order valence-electron chi connectivity index (χ3n) is 4.25. The van der Waals surface area contributed by atoms with Crippen LogP contribution < -0.4 is 4.74 Å². The quantitative estimate of drug-likeness (QED) is 0.494. The molecule has 5 nitrogen and oxygen atoms in total. The lowest BCUT2D eigenvalue weighted by molar-refractivity contribution is -0.142. The molecule has 2 amide bonds. The van der Waals surface area contributed by atoms with Gasteiger partial charge in [-0.2, -0.15) is 0 Å². The zero-order valence-electron chi connectivity index (χ0n) is 12.8. The maximum absolute atomic E-state index is 12.9. The van der Waals surface area contributed by atoms with Crippen LogP contribution in [0.4, 0.5) is 0 Å². The number of ether oxygens (including phenoxy) is 1. The molecule has 2 aromatic rings. The first-order valence-electron chi connectivity index (χ1n) is 7.52. The summed E-state index contributed by atoms with van der Waals surface area (Å²) in [4.78, 5) is 37.1. The van der Waals surface area contributed by atoms with Crippen LogP contribution in [0.5, 0.6) is 5.75 Å². The van der Waals surface area contributed by atoms with E-state index in [0.717, 1.165) is 15.7 Å². The van der Waals surface area contributed by atoms with Gasteiger partial charge in [0.25, 0.3) is 0 Å². The van der Waals surface area contributed by atoms with Crippen molar-refractivity contribution >= 4 is 28.9 Å². The minimum Gasteiger partial charge on any atom is -0.496 e. The van der Waals surface area contributed by atoms with Crippen molar-refractivity contribution < 1.29 is 19.1 Å². The fourth-order valence-electron chi connectivity index (χ4n) is 3.02. The number of Topliss-reactive ketones (excluding diaryl/α,β-unsaturated/α-hetero) is 1. The van der Waals surface area contributed by atoms with Crippen molar-refractivity contribution in [3.05, 3.63) is 42.0 Å². The first-order chi connectivity index (χ1) is 11.2. The first kappa shape index (κ1) is 15.2. The van der Waals surface area contributed by atoms with Gasteiger partial charge < -0.3 is 4.74 Å². The van der Waals surface area contributed by atoms with Gasteiger partial charge in [0.05, 0.1) is 12.7 Å². The van der Waals surface area contributed by atoms with Gasteiger partial charge in [0.2, 0.25) is 12.3 Å². The Morgan fingerprint density at radius 1 is 1.26 bits per heavy atom. The Kier molecular flexibility index (Phi) is 4.10. The van der Waals surface area contributed by atoms with Crippen LogP contribution >= 0.6 is 0 Å². The normalized spacial score (nSPS) is 18.0. The Hall–Kier alpha value is -2.69. The number of likely N-dealkylation sites (tertiary alicyclic amines) is 1. The molecule has 0 aromatic heterocycles. The van der Waals surface area contributed by atoms with Crippen LogP contribution in [0.2, 0.25) is 0 Å². The highest BCUT2D eigenvalue weighted by atomic mass is 16.5. The molecule has 1 atom stereocenters. The van der Waals surface area contributed by atoms with Crippen LogP contribution in [0.1, 0.15) is 23.2 Å². The minimum absolute atomic E-state index is 0.288. The summed E-state index contributed by atoms with van der Waals surface area (Å²) in [5, 5.41) is 1.87. The lowest BCUT2D eigenvalue weighted by atomic mass is 9.88. The molecule has 1 fully saturated rings. The Bertz CT molecular complexity index is 784. The number of carbonyl (C=O) groups excluding carboxylic acids is 3. The van der Waals surface area contributed by atoms with Crippen molar-refractivity contribution in [1.82, 2.24) is 4.90 Å². The standard InChI is InChI=1S/C18H17NO4/c1-23-16-10-13-6-3-2-5-12(13)9-15(16)17(21)14-7-4-8-19(11-20)18(14)22/h2-3,5-6,9-11,14H,4,7-8H2,1H3. The monoisotopic (exact) mass is 311 g/mol. The number of ketones is 1. The zero-order chi connectivity index (χ0) is 16.4. The zero-order valence-corrected chi connectivity index (χ0v) is 12.8. The molecule has 1 heterocycles. The first-order valence-corrected chi connectivity index (χ1v) is 7.52. The Morgan fingerprint density at radius 3 is 2.61 bits per heavy atom. The Labute approximate surface area is 133 Å². The number of imide groups is 1. The van der Waals surface area contributed by atoms with E-state index in [9.17, 15) is 14.4 Å². The summed E-state index contributed by atoms with van der Waals surface area (Å²) in [5.74, 6) is -1.08. The minimum atomic E-state index is -0.816. The number of rotatable bonds is 4. The average Bonchev–Trinajstić information content (AvgIpc) is 2.60. The van der Waals surface area contributed by atoms with Gasteiger partial charge >= 0.3 is 0 Å². The second-order valence-electron chi connectivity index (χ2n) is 5.60. The second kappa shape index (κ2) is 6.20. The van der Waals surface area contributed by atoms with Crippen LogP contribution in [0, 0.1) is 5.92 Å². The molecule has 1 saturated heterocycles. The van der Waals surface area contributed by atoms with E-state index >= 15 is 0 Å². The summed E-state index contributed by atoms with van der Waals surface area (Å²) < 4.78 is 5.34.